The first-order valence-corrected chi connectivity index (χ1v) is 7.13. The second kappa shape index (κ2) is 6.75. The van der Waals surface area contributed by atoms with E-state index in [1.54, 1.807) is 0 Å². The van der Waals surface area contributed by atoms with Crippen molar-refractivity contribution in [2.24, 2.45) is 0 Å². The first kappa shape index (κ1) is 12.6. The molecular formula is C15H21NS. The van der Waals surface area contributed by atoms with Crippen LogP contribution < -0.4 is 5.32 Å². The highest BCUT2D eigenvalue weighted by molar-refractivity contribution is 7.80. The molecule has 0 radical (unpaired) electrons. The monoisotopic (exact) mass is 247 g/mol. The Morgan fingerprint density at radius 2 is 1.53 bits per heavy atom. The molecule has 0 unspecified atom stereocenters. The first-order valence-electron chi connectivity index (χ1n) is 6.72. The molecule has 17 heavy (non-hydrogen) atoms. The van der Waals surface area contributed by atoms with Gasteiger partial charge in [-0.05, 0) is 12.8 Å². The van der Waals surface area contributed by atoms with Crippen molar-refractivity contribution in [2.45, 2.75) is 51.0 Å². The van der Waals surface area contributed by atoms with E-state index < -0.39 is 0 Å². The van der Waals surface area contributed by atoms with Gasteiger partial charge in [-0.2, -0.15) is 0 Å². The van der Waals surface area contributed by atoms with E-state index in [2.05, 4.69) is 17.4 Å². The summed E-state index contributed by atoms with van der Waals surface area (Å²) in [6, 6.07) is 10.9. The Bertz CT molecular complexity index is 339. The zero-order valence-corrected chi connectivity index (χ0v) is 11.1. The molecule has 0 atom stereocenters. The van der Waals surface area contributed by atoms with Crippen LogP contribution in [0.3, 0.4) is 0 Å². The van der Waals surface area contributed by atoms with E-state index in [9.17, 15) is 0 Å². The molecule has 1 fully saturated rings. The second-order valence-electron chi connectivity index (χ2n) is 4.88. The molecule has 2 heteroatoms. The third-order valence-corrected chi connectivity index (χ3v) is 3.83. The Kier molecular flexibility index (Phi) is 4.99. The van der Waals surface area contributed by atoms with Gasteiger partial charge in [0.1, 0.15) is 4.99 Å². The Labute approximate surface area is 110 Å². The molecule has 0 aromatic heterocycles. The fourth-order valence-corrected chi connectivity index (χ4v) is 2.76. The van der Waals surface area contributed by atoms with Gasteiger partial charge < -0.3 is 5.32 Å². The Morgan fingerprint density at radius 3 is 2.18 bits per heavy atom. The summed E-state index contributed by atoms with van der Waals surface area (Å²) in [6.07, 6.45) is 9.41. The molecule has 1 aromatic carbocycles. The lowest BCUT2D eigenvalue weighted by molar-refractivity contribution is 0.430. The summed E-state index contributed by atoms with van der Waals surface area (Å²) >= 11 is 5.47. The fourth-order valence-electron chi connectivity index (χ4n) is 2.46. The van der Waals surface area contributed by atoms with Crippen LogP contribution in [-0.2, 0) is 0 Å². The number of hydrogen-bond acceptors (Lipinski definition) is 1. The molecule has 0 aliphatic heterocycles. The Morgan fingerprint density at radius 1 is 0.941 bits per heavy atom. The van der Waals surface area contributed by atoms with Crippen LogP contribution in [0.5, 0.6) is 0 Å². The summed E-state index contributed by atoms with van der Waals surface area (Å²) in [7, 11) is 0. The molecule has 92 valence electrons. The summed E-state index contributed by atoms with van der Waals surface area (Å²) in [5.41, 5.74) is 1.14. The highest BCUT2D eigenvalue weighted by Gasteiger charge is 2.12. The predicted molar refractivity (Wildman–Crippen MR) is 77.4 cm³/mol. The third-order valence-electron chi connectivity index (χ3n) is 3.48. The smallest absolute Gasteiger partial charge is 0.106 e. The van der Waals surface area contributed by atoms with Gasteiger partial charge in [-0.3, -0.25) is 0 Å². The lowest BCUT2D eigenvalue weighted by Crippen LogP contribution is -2.34. The van der Waals surface area contributed by atoms with Crippen molar-refractivity contribution in [1.82, 2.24) is 5.32 Å². The number of thiocarbonyl (C=S) groups is 1. The summed E-state index contributed by atoms with van der Waals surface area (Å²) in [5, 5.41) is 3.53. The number of hydrogen-bond donors (Lipinski definition) is 1. The van der Waals surface area contributed by atoms with Crippen LogP contribution in [0.1, 0.15) is 50.5 Å². The molecule has 1 saturated carbocycles. The fraction of sp³-hybridized carbons (Fsp3) is 0.533. The second-order valence-corrected chi connectivity index (χ2v) is 5.29. The third kappa shape index (κ3) is 4.12. The van der Waals surface area contributed by atoms with Crippen molar-refractivity contribution in [1.29, 1.82) is 0 Å². The SMILES string of the molecule is S=C(NC1CCCCCCC1)c1ccccc1. The predicted octanol–water partition coefficient (Wildman–Crippen LogP) is 4.06. The van der Waals surface area contributed by atoms with Crippen LogP contribution >= 0.6 is 12.2 Å². The van der Waals surface area contributed by atoms with E-state index in [-0.39, 0.29) is 0 Å². The summed E-state index contributed by atoms with van der Waals surface area (Å²) in [4.78, 5) is 0.913. The molecule has 0 bridgehead atoms. The summed E-state index contributed by atoms with van der Waals surface area (Å²) < 4.78 is 0. The standard InChI is InChI=1S/C15H21NS/c17-15(13-9-5-4-6-10-13)16-14-11-7-2-1-3-8-12-14/h4-6,9-10,14H,1-3,7-8,11-12H2,(H,16,17). The molecule has 0 heterocycles. The molecule has 0 saturated heterocycles. The average molecular weight is 247 g/mol. The maximum Gasteiger partial charge on any atom is 0.106 e. The van der Waals surface area contributed by atoms with Crippen LogP contribution in [0.4, 0.5) is 0 Å². The van der Waals surface area contributed by atoms with Gasteiger partial charge in [-0.1, -0.05) is 74.7 Å². The summed E-state index contributed by atoms with van der Waals surface area (Å²) in [6.45, 7) is 0. The van der Waals surface area contributed by atoms with E-state index in [1.807, 2.05) is 18.2 Å². The molecule has 1 aliphatic carbocycles. The molecule has 2 rings (SSSR count). The van der Waals surface area contributed by atoms with Crippen LogP contribution in [0.2, 0.25) is 0 Å². The largest absolute Gasteiger partial charge is 0.373 e. The molecule has 1 N–H and O–H groups in total. The Balaban J connectivity index is 1.88. The number of benzene rings is 1. The average Bonchev–Trinajstić information content (AvgIpc) is 2.33. The maximum atomic E-state index is 5.47. The van der Waals surface area contributed by atoms with Crippen molar-refractivity contribution in [3.8, 4) is 0 Å². The molecule has 1 aliphatic rings. The summed E-state index contributed by atoms with van der Waals surface area (Å²) in [5.74, 6) is 0. The molecule has 0 amide bonds. The van der Waals surface area contributed by atoms with E-state index in [0.29, 0.717) is 6.04 Å². The van der Waals surface area contributed by atoms with Crippen molar-refractivity contribution in [2.75, 3.05) is 0 Å². The van der Waals surface area contributed by atoms with Crippen LogP contribution in [-0.4, -0.2) is 11.0 Å². The van der Waals surface area contributed by atoms with E-state index in [0.717, 1.165) is 10.6 Å². The zero-order valence-electron chi connectivity index (χ0n) is 10.3. The lowest BCUT2D eigenvalue weighted by atomic mass is 9.96. The first-order chi connectivity index (χ1) is 8.36. The van der Waals surface area contributed by atoms with Gasteiger partial charge in [0.15, 0.2) is 0 Å². The van der Waals surface area contributed by atoms with Crippen LogP contribution in [0.25, 0.3) is 0 Å². The van der Waals surface area contributed by atoms with Gasteiger partial charge >= 0.3 is 0 Å². The van der Waals surface area contributed by atoms with E-state index in [1.165, 1.54) is 44.9 Å². The van der Waals surface area contributed by atoms with Gasteiger partial charge in [-0.15, -0.1) is 0 Å². The molecule has 1 aromatic rings. The minimum absolute atomic E-state index is 0.586. The van der Waals surface area contributed by atoms with Crippen LogP contribution in [0, 0.1) is 0 Å². The lowest BCUT2D eigenvalue weighted by Gasteiger charge is -2.22. The minimum atomic E-state index is 0.586. The van der Waals surface area contributed by atoms with Crippen molar-refractivity contribution < 1.29 is 0 Å². The van der Waals surface area contributed by atoms with Gasteiger partial charge in [0.05, 0.1) is 0 Å². The topological polar surface area (TPSA) is 12.0 Å². The number of nitrogens with one attached hydrogen (secondary N) is 1. The van der Waals surface area contributed by atoms with Gasteiger partial charge in [0, 0.05) is 11.6 Å². The Hall–Kier alpha value is -0.890. The molecular weight excluding hydrogens is 226 g/mol. The van der Waals surface area contributed by atoms with E-state index in [4.69, 9.17) is 12.2 Å². The van der Waals surface area contributed by atoms with E-state index >= 15 is 0 Å². The molecule has 1 nitrogen and oxygen atoms in total. The molecule has 0 spiro atoms. The highest BCUT2D eigenvalue weighted by atomic mass is 32.1. The maximum absolute atomic E-state index is 5.47. The van der Waals surface area contributed by atoms with Crippen molar-refractivity contribution in [3.05, 3.63) is 35.9 Å². The van der Waals surface area contributed by atoms with Crippen molar-refractivity contribution in [3.63, 3.8) is 0 Å². The highest BCUT2D eigenvalue weighted by Crippen LogP contribution is 2.17. The van der Waals surface area contributed by atoms with Gasteiger partial charge in [-0.25, -0.2) is 0 Å². The van der Waals surface area contributed by atoms with Gasteiger partial charge in [0.25, 0.3) is 0 Å². The number of rotatable bonds is 2. The van der Waals surface area contributed by atoms with Crippen LogP contribution in [0.15, 0.2) is 30.3 Å². The van der Waals surface area contributed by atoms with Gasteiger partial charge in [0.2, 0.25) is 0 Å². The normalized spacial score (nSPS) is 18.1. The quantitative estimate of drug-likeness (QED) is 0.791. The minimum Gasteiger partial charge on any atom is -0.373 e. The van der Waals surface area contributed by atoms with Crippen molar-refractivity contribution >= 4 is 17.2 Å². The zero-order chi connectivity index (χ0) is 11.9.